The van der Waals surface area contributed by atoms with Gasteiger partial charge in [0.1, 0.15) is 0 Å². The molecule has 0 aromatic heterocycles. The summed E-state index contributed by atoms with van der Waals surface area (Å²) in [7, 11) is 0. The molecule has 0 fully saturated rings. The molecule has 0 aliphatic heterocycles. The number of hydrogen-bond donors (Lipinski definition) is 0. The van der Waals surface area contributed by atoms with Crippen LogP contribution in [0.2, 0.25) is 0 Å². The Bertz CT molecular complexity index is 5260. The van der Waals surface area contributed by atoms with Gasteiger partial charge >= 0.3 is 0 Å². The van der Waals surface area contributed by atoms with E-state index < -0.39 is 0 Å². The molecule has 0 unspecified atom stereocenters. The van der Waals surface area contributed by atoms with Gasteiger partial charge in [-0.3, -0.25) is 0 Å². The molecule has 2 aliphatic rings. The van der Waals surface area contributed by atoms with Gasteiger partial charge in [-0.05, 0) is 177 Å². The first-order valence-corrected chi connectivity index (χ1v) is 49.6. The third kappa shape index (κ3) is 25.3. The first kappa shape index (κ1) is 109. The molecule has 0 N–H and O–H groups in total. The summed E-state index contributed by atoms with van der Waals surface area (Å²) in [6.07, 6.45) is 0. The van der Waals surface area contributed by atoms with Gasteiger partial charge in [0, 0.05) is 11.8 Å². The number of hydrogen-bond acceptors (Lipinski definition) is 0. The van der Waals surface area contributed by atoms with Crippen molar-refractivity contribution in [1.29, 1.82) is 0 Å². The minimum Gasteiger partial charge on any atom is -0.0683 e. The van der Waals surface area contributed by atoms with Gasteiger partial charge in [-0.25, -0.2) is 0 Å². The SMILES string of the molecule is CC.CC.CC.CC.CC.CC.CC.CC.CC.CC.CC.CC.CC.CC.c1ccc(C2=c3c(-c4ccccc4)c(-c4ccccc4)c(-c4ccccc4)c(-c4ccccc4)c3=C(c3ccccc3)C2c2ccc(-c3ccc(C4C(c5ccccc5)=c5c(-c6ccccc6)c(-c6ccccc6)c(-c6ccccc6)c(-c6ccccc6)c5=C4c4ccccc4)cc3)cc2)cc1. The molecule has 16 aromatic carbocycles. The van der Waals surface area contributed by atoms with Crippen molar-refractivity contribution in [3.8, 4) is 100 Å². The number of benzene rings is 16. The average Bonchev–Trinajstić information content (AvgIpc) is 1.53. The summed E-state index contributed by atoms with van der Waals surface area (Å²) in [5, 5.41) is 5.06. The van der Waals surface area contributed by atoms with Crippen LogP contribution in [0.5, 0.6) is 0 Å². The topological polar surface area (TPSA) is 0 Å². The van der Waals surface area contributed by atoms with Crippen LogP contribution in [-0.4, -0.2) is 0 Å². The normalized spacial score (nSPS) is 10.6. The summed E-state index contributed by atoms with van der Waals surface area (Å²) in [6, 6.07) is 153. The lowest BCUT2D eigenvalue weighted by Gasteiger charge is -2.23. The first-order valence-electron chi connectivity index (χ1n) is 49.6. The van der Waals surface area contributed by atoms with Crippen LogP contribution in [0.15, 0.2) is 413 Å². The zero-order chi connectivity index (χ0) is 95.7. The van der Waals surface area contributed by atoms with Gasteiger partial charge in [0.15, 0.2) is 0 Å². The van der Waals surface area contributed by atoms with Crippen molar-refractivity contribution in [3.63, 3.8) is 0 Å². The monoisotopic (exact) mass is 1720 g/mol. The smallest absolute Gasteiger partial charge is 0.0364 e. The van der Waals surface area contributed by atoms with Gasteiger partial charge in [0.05, 0.1) is 0 Å². The molecule has 0 heteroatoms. The third-order valence-electron chi connectivity index (χ3n) is 20.9. The quantitative estimate of drug-likeness (QED) is 0.0960. The summed E-state index contributed by atoms with van der Waals surface area (Å²) in [4.78, 5) is 0. The molecule has 0 saturated carbocycles. The van der Waals surface area contributed by atoms with E-state index in [1.54, 1.807) is 0 Å². The fraction of sp³-hybridized carbons (Fsp3) is 0.231. The molecule has 0 nitrogen and oxygen atoms in total. The molecule has 674 valence electrons. The molecule has 0 heterocycles. The Hall–Kier alpha value is -13.0. The van der Waals surface area contributed by atoms with Gasteiger partial charge in [-0.15, -0.1) is 0 Å². The van der Waals surface area contributed by atoms with E-state index in [2.05, 4.69) is 413 Å². The van der Waals surface area contributed by atoms with Gasteiger partial charge in [-0.1, -0.05) is 606 Å². The fourth-order valence-electron chi connectivity index (χ4n) is 16.7. The summed E-state index contributed by atoms with van der Waals surface area (Å²) < 4.78 is 0. The van der Waals surface area contributed by atoms with E-state index in [0.717, 1.165) is 11.1 Å². The molecule has 130 heavy (non-hydrogen) atoms. The predicted octanol–water partition coefficient (Wildman–Crippen LogP) is 37.4. The lowest BCUT2D eigenvalue weighted by atomic mass is 9.80. The highest BCUT2D eigenvalue weighted by atomic mass is 14.4. The van der Waals surface area contributed by atoms with E-state index in [4.69, 9.17) is 0 Å². The maximum absolute atomic E-state index is 2.42. The van der Waals surface area contributed by atoms with Gasteiger partial charge in [0.2, 0.25) is 0 Å². The average molecular weight is 1720 g/mol. The van der Waals surface area contributed by atoms with Crippen LogP contribution in [-0.2, 0) is 0 Å². The van der Waals surface area contributed by atoms with Gasteiger partial charge < -0.3 is 0 Å². The largest absolute Gasteiger partial charge is 0.0683 e. The Kier molecular flexibility index (Phi) is 52.3. The Morgan fingerprint density at radius 3 is 0.331 bits per heavy atom. The maximum Gasteiger partial charge on any atom is 0.0364 e. The van der Waals surface area contributed by atoms with Gasteiger partial charge in [-0.2, -0.15) is 0 Å². The number of rotatable bonds is 15. The van der Waals surface area contributed by atoms with Gasteiger partial charge in [0.25, 0.3) is 0 Å². The second kappa shape index (κ2) is 62.2. The van der Waals surface area contributed by atoms with Crippen LogP contribution in [0.1, 0.15) is 239 Å². The van der Waals surface area contributed by atoms with Crippen molar-refractivity contribution in [1.82, 2.24) is 0 Å². The molecule has 0 spiro atoms. The van der Waals surface area contributed by atoms with Crippen molar-refractivity contribution >= 4 is 22.3 Å². The van der Waals surface area contributed by atoms with Crippen LogP contribution in [0.4, 0.5) is 0 Å². The van der Waals surface area contributed by atoms with E-state index in [-0.39, 0.29) is 11.8 Å². The summed E-state index contributed by atoms with van der Waals surface area (Å²) >= 11 is 0. The zero-order valence-electron chi connectivity index (χ0n) is 84.4. The van der Waals surface area contributed by atoms with Crippen molar-refractivity contribution in [2.24, 2.45) is 0 Å². The van der Waals surface area contributed by atoms with E-state index in [0.29, 0.717) is 0 Å². The Balaban J connectivity index is 0.00000116. The highest BCUT2D eigenvalue weighted by Gasteiger charge is 2.38. The van der Waals surface area contributed by atoms with Crippen LogP contribution >= 0.6 is 0 Å². The second-order valence-corrected chi connectivity index (χ2v) is 26.7. The Morgan fingerprint density at radius 1 is 0.100 bits per heavy atom. The fourth-order valence-corrected chi connectivity index (χ4v) is 16.7. The summed E-state index contributed by atoms with van der Waals surface area (Å²) in [5.74, 6) is -0.342. The molecule has 2 aliphatic carbocycles. The summed E-state index contributed by atoms with van der Waals surface area (Å²) in [5.41, 5.74) is 33.9. The molecule has 0 bridgehead atoms. The summed E-state index contributed by atoms with van der Waals surface area (Å²) in [6.45, 7) is 56.0. The Labute approximate surface area is 789 Å². The lowest BCUT2D eigenvalue weighted by Crippen LogP contribution is -2.31. The minimum absolute atomic E-state index is 0.171. The Morgan fingerprint density at radius 2 is 0.208 bits per heavy atom. The van der Waals surface area contributed by atoms with Crippen molar-refractivity contribution in [3.05, 3.63) is 467 Å². The van der Waals surface area contributed by atoms with Crippen molar-refractivity contribution < 1.29 is 0 Å². The van der Waals surface area contributed by atoms with E-state index in [9.17, 15) is 0 Å². The minimum atomic E-state index is -0.171. The van der Waals surface area contributed by atoms with Crippen LogP contribution in [0.3, 0.4) is 0 Å². The maximum atomic E-state index is 2.42. The molecular weight excluding hydrogens is 1560 g/mol. The molecule has 0 atom stereocenters. The first-order chi connectivity index (χ1) is 64.7. The lowest BCUT2D eigenvalue weighted by molar-refractivity contribution is 1.13. The molecule has 0 amide bonds. The van der Waals surface area contributed by atoms with Crippen molar-refractivity contribution in [2.75, 3.05) is 0 Å². The molecule has 0 radical (unpaired) electrons. The van der Waals surface area contributed by atoms with E-state index in [1.165, 1.54) is 166 Å². The molecule has 18 rings (SSSR count). The standard InChI is InChI=1S/C102H70.14C2H6/c1-13-37-71(38-14-1)85-86(72-39-15-2-16-40-72)92(76-47-23-6-24-48-76)100-96(80-55-31-10-32-56-80)89(95(79-53-29-9-30-54-79)99(100)91(85)75-45-21-5-22-46-75)83-65-61-69(62-66-83)70-63-67-84(68-64-70)90-97(81-57-33-11-34-58-81)101-93(77-49-25-7-26-50-77)87(73-41-17-3-18-42-73)88(74-43-19-4-20-44-74)94(78-51-27-8-28-52-78)102(101)98(90)82-59-35-12-36-60-82;14*1-2/h1-68,89-90H;14*1-2H3. The second-order valence-electron chi connectivity index (χ2n) is 26.7. The number of fused-ring (bicyclic) bond motifs is 2. The molecular formula is C130H154. The van der Waals surface area contributed by atoms with E-state index in [1.807, 2.05) is 194 Å². The van der Waals surface area contributed by atoms with Crippen LogP contribution in [0, 0.1) is 0 Å². The third-order valence-corrected chi connectivity index (χ3v) is 20.9. The van der Waals surface area contributed by atoms with Crippen molar-refractivity contribution in [2.45, 2.75) is 206 Å². The highest BCUT2D eigenvalue weighted by Crippen LogP contribution is 2.52. The molecule has 0 saturated heterocycles. The predicted molar refractivity (Wildman–Crippen MR) is 587 cm³/mol. The highest BCUT2D eigenvalue weighted by molar-refractivity contribution is 6.10. The van der Waals surface area contributed by atoms with Crippen LogP contribution < -0.4 is 20.9 Å². The van der Waals surface area contributed by atoms with E-state index >= 15 is 0 Å². The van der Waals surface area contributed by atoms with Crippen LogP contribution in [0.25, 0.3) is 122 Å². The molecule has 16 aromatic rings. The zero-order valence-corrected chi connectivity index (χ0v) is 84.4.